The molecule has 0 fully saturated rings. The number of hydrogen-bond donors (Lipinski definition) is 0. The normalized spacial score (nSPS) is 12.1. The highest BCUT2D eigenvalue weighted by molar-refractivity contribution is 8.78. The summed E-state index contributed by atoms with van der Waals surface area (Å²) in [6, 6.07) is 0. The zero-order valence-corrected chi connectivity index (χ0v) is 16.3. The van der Waals surface area contributed by atoms with Crippen LogP contribution in [-0.4, -0.2) is 34.6 Å². The van der Waals surface area contributed by atoms with Crippen LogP contribution in [0, 0.1) is 0 Å². The largest absolute Gasteiger partial charge is 0.465 e. The molecule has 22 heavy (non-hydrogen) atoms. The third-order valence-corrected chi connectivity index (χ3v) is 6.90. The summed E-state index contributed by atoms with van der Waals surface area (Å²) < 4.78 is 9.14. The minimum atomic E-state index is -0.695. The molecule has 0 aliphatic carbocycles. The monoisotopic (exact) mass is 350 g/mol. The first-order chi connectivity index (χ1) is 10.2. The van der Waals surface area contributed by atoms with Crippen molar-refractivity contribution in [3.05, 3.63) is 0 Å². The molecular weight excluding hydrogens is 320 g/mol. The maximum absolute atomic E-state index is 12.1. The highest BCUT2D eigenvalue weighted by Gasteiger charge is 2.37. The lowest BCUT2D eigenvalue weighted by Gasteiger charge is -2.27. The molecule has 0 saturated carbocycles. The maximum atomic E-state index is 12.1. The lowest BCUT2D eigenvalue weighted by atomic mass is 10.2. The molecule has 0 heterocycles. The molecule has 0 N–H and O–H groups in total. The first kappa shape index (κ1) is 21.6. The van der Waals surface area contributed by atoms with Crippen molar-refractivity contribution in [1.82, 2.24) is 0 Å². The predicted molar refractivity (Wildman–Crippen MR) is 95.1 cm³/mol. The minimum absolute atomic E-state index is 0.242. The van der Waals surface area contributed by atoms with Gasteiger partial charge in [0.25, 0.3) is 0 Å². The van der Waals surface area contributed by atoms with Gasteiger partial charge in [-0.15, -0.1) is 0 Å². The number of carbonyl (C=O) groups excluding carboxylic acids is 2. The van der Waals surface area contributed by atoms with Crippen LogP contribution in [0.5, 0.6) is 0 Å². The van der Waals surface area contributed by atoms with Crippen LogP contribution in [0.2, 0.25) is 0 Å². The lowest BCUT2D eigenvalue weighted by Crippen LogP contribution is -2.33. The maximum Gasteiger partial charge on any atom is 0.322 e. The molecule has 0 aromatic heterocycles. The van der Waals surface area contributed by atoms with Crippen LogP contribution in [0.15, 0.2) is 0 Å². The predicted octanol–water partition coefficient (Wildman–Crippen LogP) is 4.61. The van der Waals surface area contributed by atoms with Gasteiger partial charge >= 0.3 is 11.9 Å². The standard InChI is InChI=1S/C16H30O4S2/c1-7-9-11-19-13(17)15(3,4)21-22-16(5,6)14(18)20-12-10-8-2/h7-12H2,1-6H3. The molecule has 0 aromatic carbocycles. The van der Waals surface area contributed by atoms with Crippen LogP contribution in [-0.2, 0) is 19.1 Å². The Morgan fingerprint density at radius 1 is 0.773 bits per heavy atom. The Morgan fingerprint density at radius 2 is 1.09 bits per heavy atom. The molecule has 0 amide bonds. The fraction of sp³-hybridized carbons (Fsp3) is 0.875. The molecule has 0 unspecified atom stereocenters. The van der Waals surface area contributed by atoms with E-state index in [9.17, 15) is 9.59 Å². The van der Waals surface area contributed by atoms with E-state index >= 15 is 0 Å². The highest BCUT2D eigenvalue weighted by atomic mass is 33.1. The van der Waals surface area contributed by atoms with Gasteiger partial charge in [-0.05, 0) is 40.5 Å². The van der Waals surface area contributed by atoms with E-state index < -0.39 is 9.49 Å². The highest BCUT2D eigenvalue weighted by Crippen LogP contribution is 2.44. The Morgan fingerprint density at radius 3 is 1.36 bits per heavy atom. The average Bonchev–Trinajstić information content (AvgIpc) is 2.45. The SMILES string of the molecule is CCCCOC(=O)C(C)(C)SSC(C)(C)C(=O)OCCCC. The third-order valence-electron chi connectivity index (χ3n) is 2.90. The molecule has 0 bridgehead atoms. The molecule has 0 radical (unpaired) electrons. The van der Waals surface area contributed by atoms with Gasteiger partial charge in [0.2, 0.25) is 0 Å². The van der Waals surface area contributed by atoms with Crippen LogP contribution >= 0.6 is 21.6 Å². The fourth-order valence-corrected chi connectivity index (χ4v) is 3.57. The Kier molecular flexibility index (Phi) is 10.3. The van der Waals surface area contributed by atoms with Crippen LogP contribution in [0.25, 0.3) is 0 Å². The van der Waals surface area contributed by atoms with Crippen LogP contribution < -0.4 is 0 Å². The van der Waals surface area contributed by atoms with Crippen molar-refractivity contribution in [3.63, 3.8) is 0 Å². The van der Waals surface area contributed by atoms with E-state index in [-0.39, 0.29) is 11.9 Å². The van der Waals surface area contributed by atoms with Gasteiger partial charge in [-0.2, -0.15) is 0 Å². The van der Waals surface area contributed by atoms with Gasteiger partial charge in [-0.25, -0.2) is 0 Å². The molecular formula is C16H30O4S2. The van der Waals surface area contributed by atoms with Crippen molar-refractivity contribution in [1.29, 1.82) is 0 Å². The molecule has 130 valence electrons. The molecule has 0 atom stereocenters. The third kappa shape index (κ3) is 8.32. The van der Waals surface area contributed by atoms with Gasteiger partial charge in [0.15, 0.2) is 0 Å². The summed E-state index contributed by atoms with van der Waals surface area (Å²) in [6.45, 7) is 12.3. The second-order valence-corrected chi connectivity index (χ2v) is 9.54. The van der Waals surface area contributed by atoms with Crippen molar-refractivity contribution in [2.75, 3.05) is 13.2 Å². The smallest absolute Gasteiger partial charge is 0.322 e. The Balaban J connectivity index is 4.36. The van der Waals surface area contributed by atoms with E-state index in [4.69, 9.17) is 9.47 Å². The van der Waals surface area contributed by atoms with Gasteiger partial charge < -0.3 is 9.47 Å². The molecule has 0 saturated heterocycles. The molecule has 0 spiro atoms. The van der Waals surface area contributed by atoms with Crippen LogP contribution in [0.3, 0.4) is 0 Å². The van der Waals surface area contributed by atoms with Gasteiger partial charge in [0, 0.05) is 0 Å². The second-order valence-electron chi connectivity index (χ2n) is 6.17. The summed E-state index contributed by atoms with van der Waals surface area (Å²) in [5, 5.41) is 0. The number of esters is 2. The van der Waals surface area contributed by atoms with E-state index in [1.54, 1.807) is 0 Å². The van der Waals surface area contributed by atoms with Gasteiger partial charge in [0.05, 0.1) is 13.2 Å². The number of hydrogen-bond acceptors (Lipinski definition) is 6. The van der Waals surface area contributed by atoms with Gasteiger partial charge in [0.1, 0.15) is 9.49 Å². The Labute approximate surface area is 142 Å². The summed E-state index contributed by atoms with van der Waals surface area (Å²) in [6.07, 6.45) is 3.72. The molecule has 4 nitrogen and oxygen atoms in total. The van der Waals surface area contributed by atoms with E-state index in [2.05, 4.69) is 13.8 Å². The lowest BCUT2D eigenvalue weighted by molar-refractivity contribution is -0.146. The number of rotatable bonds is 11. The van der Waals surface area contributed by atoms with Crippen molar-refractivity contribution >= 4 is 33.5 Å². The van der Waals surface area contributed by atoms with Crippen LogP contribution in [0.1, 0.15) is 67.2 Å². The van der Waals surface area contributed by atoms with E-state index in [1.165, 1.54) is 21.6 Å². The molecule has 0 rings (SSSR count). The zero-order valence-electron chi connectivity index (χ0n) is 14.7. The summed E-state index contributed by atoms with van der Waals surface area (Å²) in [5.41, 5.74) is 0. The molecule has 0 aromatic rings. The molecule has 6 heteroatoms. The van der Waals surface area contributed by atoms with E-state index in [1.807, 2.05) is 27.7 Å². The summed E-state index contributed by atoms with van der Waals surface area (Å²) in [7, 11) is 2.72. The molecule has 0 aliphatic heterocycles. The molecule has 0 aliphatic rings. The summed E-state index contributed by atoms with van der Waals surface area (Å²) >= 11 is 0. The second kappa shape index (κ2) is 10.4. The average molecular weight is 351 g/mol. The van der Waals surface area contributed by atoms with E-state index in [0.717, 1.165) is 25.7 Å². The number of unbranched alkanes of at least 4 members (excludes halogenated alkanes) is 2. The number of carbonyl (C=O) groups is 2. The summed E-state index contributed by atoms with van der Waals surface area (Å²) in [4.78, 5) is 24.1. The fourth-order valence-electron chi connectivity index (χ4n) is 1.24. The van der Waals surface area contributed by atoms with Crippen molar-refractivity contribution < 1.29 is 19.1 Å². The van der Waals surface area contributed by atoms with Crippen molar-refractivity contribution in [3.8, 4) is 0 Å². The van der Waals surface area contributed by atoms with Crippen molar-refractivity contribution in [2.45, 2.75) is 76.7 Å². The number of ether oxygens (including phenoxy) is 2. The quantitative estimate of drug-likeness (QED) is 0.308. The summed E-state index contributed by atoms with van der Waals surface area (Å²) in [5.74, 6) is -0.484. The van der Waals surface area contributed by atoms with Gasteiger partial charge in [-0.1, -0.05) is 48.3 Å². The van der Waals surface area contributed by atoms with Gasteiger partial charge in [-0.3, -0.25) is 9.59 Å². The van der Waals surface area contributed by atoms with E-state index in [0.29, 0.717) is 13.2 Å². The van der Waals surface area contributed by atoms with Crippen LogP contribution in [0.4, 0.5) is 0 Å². The first-order valence-electron chi connectivity index (χ1n) is 7.88. The Hall–Kier alpha value is -0.360. The van der Waals surface area contributed by atoms with Crippen molar-refractivity contribution in [2.24, 2.45) is 0 Å². The topological polar surface area (TPSA) is 52.6 Å². The minimum Gasteiger partial charge on any atom is -0.465 e. The first-order valence-corrected chi connectivity index (χ1v) is 10.0. The Bertz CT molecular complexity index is 320. The zero-order chi connectivity index (χ0) is 17.2.